The molecule has 0 spiro atoms. The van der Waals surface area contributed by atoms with E-state index in [2.05, 4.69) is 9.47 Å². The molecular formula is C20H38O6. The quantitative estimate of drug-likeness (QED) is 0.299. The first-order chi connectivity index (χ1) is 12.5. The Morgan fingerprint density at radius 3 is 1.27 bits per heavy atom. The second-order valence-electron chi connectivity index (χ2n) is 6.90. The Kier molecular flexibility index (Phi) is 16.5. The summed E-state index contributed by atoms with van der Waals surface area (Å²) in [5.74, 6) is -0.320. The van der Waals surface area contributed by atoms with Crippen LogP contribution in [0.1, 0.15) is 89.9 Å². The van der Waals surface area contributed by atoms with Gasteiger partial charge in [0.1, 0.15) is 0 Å². The number of aliphatic hydroxyl groups excluding tert-OH is 2. The van der Waals surface area contributed by atoms with Gasteiger partial charge in [0.05, 0.1) is 26.4 Å². The fourth-order valence-corrected chi connectivity index (χ4v) is 2.90. The summed E-state index contributed by atoms with van der Waals surface area (Å²) in [6, 6.07) is 0. The number of ether oxygens (including phenoxy) is 2. The Morgan fingerprint density at radius 1 is 0.615 bits per heavy atom. The van der Waals surface area contributed by atoms with E-state index in [0.29, 0.717) is 25.7 Å². The fraction of sp³-hybridized carbons (Fsp3) is 0.900. The van der Waals surface area contributed by atoms with E-state index in [9.17, 15) is 19.8 Å². The van der Waals surface area contributed by atoms with Crippen molar-refractivity contribution in [2.24, 2.45) is 0 Å². The maximum absolute atomic E-state index is 11.0. The van der Waals surface area contributed by atoms with Crippen molar-refractivity contribution < 1.29 is 29.3 Å². The summed E-state index contributed by atoms with van der Waals surface area (Å²) in [5, 5.41) is 20.0. The van der Waals surface area contributed by atoms with Crippen molar-refractivity contribution in [3.63, 3.8) is 0 Å². The van der Waals surface area contributed by atoms with Crippen molar-refractivity contribution in [3.8, 4) is 0 Å². The fourth-order valence-electron chi connectivity index (χ4n) is 2.90. The monoisotopic (exact) mass is 374 g/mol. The van der Waals surface area contributed by atoms with Crippen molar-refractivity contribution in [2.75, 3.05) is 14.2 Å². The Hall–Kier alpha value is -1.14. The highest BCUT2D eigenvalue weighted by Gasteiger charge is 2.15. The molecule has 6 nitrogen and oxygen atoms in total. The van der Waals surface area contributed by atoms with E-state index in [-0.39, 0.29) is 11.9 Å². The Bertz CT molecular complexity index is 324. The molecule has 0 aliphatic rings. The van der Waals surface area contributed by atoms with Crippen LogP contribution in [0.3, 0.4) is 0 Å². The Balaban J connectivity index is 3.44. The maximum atomic E-state index is 11.0. The van der Waals surface area contributed by atoms with E-state index < -0.39 is 12.2 Å². The van der Waals surface area contributed by atoms with Crippen LogP contribution in [-0.4, -0.2) is 48.6 Å². The standard InChI is InChI=1S/C20H38O6/c1-25-19(23)15-11-7-3-5-9-13-17(21)18(22)14-10-6-4-8-12-16-20(24)26-2/h17-18,21-22H,3-16H2,1-2H3. The molecule has 0 saturated heterocycles. The largest absolute Gasteiger partial charge is 0.469 e. The van der Waals surface area contributed by atoms with Crippen LogP contribution in [0.15, 0.2) is 0 Å². The van der Waals surface area contributed by atoms with Crippen molar-refractivity contribution in [1.29, 1.82) is 0 Å². The molecular weight excluding hydrogens is 336 g/mol. The van der Waals surface area contributed by atoms with Gasteiger partial charge >= 0.3 is 11.9 Å². The summed E-state index contributed by atoms with van der Waals surface area (Å²) in [7, 11) is 2.81. The van der Waals surface area contributed by atoms with Crippen molar-refractivity contribution in [3.05, 3.63) is 0 Å². The lowest BCUT2D eigenvalue weighted by atomic mass is 9.99. The first kappa shape index (κ1) is 24.9. The lowest BCUT2D eigenvalue weighted by Gasteiger charge is -2.17. The molecule has 0 saturated carbocycles. The Morgan fingerprint density at radius 2 is 0.923 bits per heavy atom. The van der Waals surface area contributed by atoms with Crippen LogP contribution >= 0.6 is 0 Å². The molecule has 0 aromatic rings. The molecule has 0 rings (SSSR count). The predicted octanol–water partition coefficient (Wildman–Crippen LogP) is 3.52. The highest BCUT2D eigenvalue weighted by molar-refractivity contribution is 5.69. The summed E-state index contributed by atoms with van der Waals surface area (Å²) in [5.41, 5.74) is 0. The van der Waals surface area contributed by atoms with Gasteiger partial charge in [-0.25, -0.2) is 0 Å². The van der Waals surface area contributed by atoms with Gasteiger partial charge in [0.25, 0.3) is 0 Å². The lowest BCUT2D eigenvalue weighted by molar-refractivity contribution is -0.141. The first-order valence-corrected chi connectivity index (χ1v) is 10.0. The van der Waals surface area contributed by atoms with E-state index in [0.717, 1.165) is 64.2 Å². The predicted molar refractivity (Wildman–Crippen MR) is 101 cm³/mol. The number of carbonyl (C=O) groups is 2. The average molecular weight is 375 g/mol. The summed E-state index contributed by atoms with van der Waals surface area (Å²) >= 11 is 0. The van der Waals surface area contributed by atoms with Gasteiger partial charge in [-0.3, -0.25) is 9.59 Å². The molecule has 0 aliphatic heterocycles. The normalized spacial score (nSPS) is 13.2. The lowest BCUT2D eigenvalue weighted by Crippen LogP contribution is -2.25. The third kappa shape index (κ3) is 15.1. The SMILES string of the molecule is COC(=O)CCCCCCCC(O)C(O)CCCCCCCC(=O)OC. The molecule has 26 heavy (non-hydrogen) atoms. The first-order valence-electron chi connectivity index (χ1n) is 10.0. The van der Waals surface area contributed by atoms with Gasteiger partial charge in [-0.1, -0.05) is 51.4 Å². The van der Waals surface area contributed by atoms with E-state index >= 15 is 0 Å². The second-order valence-corrected chi connectivity index (χ2v) is 6.90. The Labute approximate surface area is 158 Å². The minimum Gasteiger partial charge on any atom is -0.469 e. The van der Waals surface area contributed by atoms with E-state index in [4.69, 9.17) is 0 Å². The van der Waals surface area contributed by atoms with E-state index in [1.807, 2.05) is 0 Å². The molecule has 0 radical (unpaired) electrons. The van der Waals surface area contributed by atoms with Gasteiger partial charge in [0.15, 0.2) is 0 Å². The molecule has 0 amide bonds. The van der Waals surface area contributed by atoms with Crippen LogP contribution in [-0.2, 0) is 19.1 Å². The molecule has 0 bridgehead atoms. The number of methoxy groups -OCH3 is 2. The summed E-state index contributed by atoms with van der Waals surface area (Å²) in [6.45, 7) is 0. The number of unbranched alkanes of at least 4 members (excludes halogenated alkanes) is 8. The molecule has 0 aromatic carbocycles. The van der Waals surface area contributed by atoms with Gasteiger partial charge < -0.3 is 19.7 Å². The number of aliphatic hydroxyl groups is 2. The minimum absolute atomic E-state index is 0.160. The summed E-state index contributed by atoms with van der Waals surface area (Å²) < 4.78 is 9.18. The number of carbonyl (C=O) groups excluding carboxylic acids is 2. The highest BCUT2D eigenvalue weighted by Crippen LogP contribution is 2.15. The maximum Gasteiger partial charge on any atom is 0.305 e. The van der Waals surface area contributed by atoms with Crippen LogP contribution in [0.2, 0.25) is 0 Å². The van der Waals surface area contributed by atoms with Crippen LogP contribution in [0.4, 0.5) is 0 Å². The molecule has 0 aliphatic carbocycles. The van der Waals surface area contributed by atoms with Crippen molar-refractivity contribution in [1.82, 2.24) is 0 Å². The van der Waals surface area contributed by atoms with E-state index in [1.54, 1.807) is 0 Å². The van der Waals surface area contributed by atoms with Gasteiger partial charge in [-0.2, -0.15) is 0 Å². The van der Waals surface area contributed by atoms with Gasteiger partial charge in [-0.15, -0.1) is 0 Å². The van der Waals surface area contributed by atoms with Crippen LogP contribution in [0.5, 0.6) is 0 Å². The van der Waals surface area contributed by atoms with Crippen LogP contribution in [0.25, 0.3) is 0 Å². The summed E-state index contributed by atoms with van der Waals surface area (Å²) in [4.78, 5) is 21.9. The molecule has 0 aromatic heterocycles. The number of hydrogen-bond acceptors (Lipinski definition) is 6. The molecule has 6 heteroatoms. The van der Waals surface area contributed by atoms with Crippen LogP contribution < -0.4 is 0 Å². The third-order valence-corrected chi connectivity index (χ3v) is 4.66. The topological polar surface area (TPSA) is 93.1 Å². The van der Waals surface area contributed by atoms with Crippen LogP contribution in [0, 0.1) is 0 Å². The second kappa shape index (κ2) is 17.3. The smallest absolute Gasteiger partial charge is 0.305 e. The molecule has 2 N–H and O–H groups in total. The third-order valence-electron chi connectivity index (χ3n) is 4.66. The average Bonchev–Trinajstić information content (AvgIpc) is 2.65. The zero-order chi connectivity index (χ0) is 19.6. The highest BCUT2D eigenvalue weighted by atomic mass is 16.5. The van der Waals surface area contributed by atoms with Crippen molar-refractivity contribution in [2.45, 2.75) is 102 Å². The summed E-state index contributed by atoms with van der Waals surface area (Å²) in [6.07, 6.45) is 10.4. The van der Waals surface area contributed by atoms with Crippen molar-refractivity contribution >= 4 is 11.9 Å². The number of rotatable bonds is 17. The van der Waals surface area contributed by atoms with Gasteiger partial charge in [-0.05, 0) is 25.7 Å². The van der Waals surface area contributed by atoms with Gasteiger partial charge in [0.2, 0.25) is 0 Å². The minimum atomic E-state index is -0.649. The molecule has 0 fully saturated rings. The molecule has 0 heterocycles. The number of esters is 2. The zero-order valence-electron chi connectivity index (χ0n) is 16.6. The zero-order valence-corrected chi connectivity index (χ0v) is 16.6. The molecule has 2 unspecified atom stereocenters. The molecule has 2 atom stereocenters. The number of hydrogen-bond donors (Lipinski definition) is 2. The van der Waals surface area contributed by atoms with E-state index in [1.165, 1.54) is 14.2 Å². The van der Waals surface area contributed by atoms with Gasteiger partial charge in [0, 0.05) is 12.8 Å². The molecule has 154 valence electrons.